The number of phenols is 1. The minimum Gasteiger partial charge on any atom is -0.508 e. The van der Waals surface area contributed by atoms with Crippen LogP contribution in [0.2, 0.25) is 0 Å². The number of unbranched alkanes of at least 4 members (excludes halogenated alkanes) is 4. The molecule has 15 amide bonds. The highest BCUT2D eigenvalue weighted by molar-refractivity contribution is 6.01. The van der Waals surface area contributed by atoms with Gasteiger partial charge in [0.05, 0.1) is 12.5 Å². The summed E-state index contributed by atoms with van der Waals surface area (Å²) in [5, 5.41) is 87.6. The molecule has 44 heteroatoms. The lowest BCUT2D eigenvalue weighted by atomic mass is 10.00. The van der Waals surface area contributed by atoms with Gasteiger partial charge in [0.1, 0.15) is 96.4 Å². The summed E-state index contributed by atoms with van der Waals surface area (Å²) in [6, 6.07) is -2.17. The van der Waals surface area contributed by atoms with E-state index in [9.17, 15) is 117 Å². The number of hydrogen-bond acceptors (Lipinski definition) is 25. The van der Waals surface area contributed by atoms with Gasteiger partial charge in [-0.05, 0) is 196 Å². The molecule has 0 aromatic heterocycles. The number of carboxylic acid groups (broad SMARTS) is 4. The van der Waals surface area contributed by atoms with Gasteiger partial charge in [0.15, 0.2) is 0 Å². The highest BCUT2D eigenvalue weighted by Gasteiger charge is 2.40. The molecule has 30 N–H and O–H groups in total. The quantitative estimate of drug-likeness (QED) is 0.0263. The van der Waals surface area contributed by atoms with Crippen LogP contribution in [0.15, 0.2) is 84.9 Å². The fourth-order valence-corrected chi connectivity index (χ4v) is 14.0. The van der Waals surface area contributed by atoms with E-state index < -0.39 is 254 Å². The third-order valence-electron chi connectivity index (χ3n) is 21.6. The van der Waals surface area contributed by atoms with Gasteiger partial charge < -0.3 is 134 Å². The smallest absolute Gasteiger partial charge is 0.326 e. The first-order valence-electron chi connectivity index (χ1n) is 45.7. The zero-order chi connectivity index (χ0) is 101. The van der Waals surface area contributed by atoms with E-state index in [-0.39, 0.29) is 108 Å². The van der Waals surface area contributed by atoms with Gasteiger partial charge in [0, 0.05) is 32.1 Å². The van der Waals surface area contributed by atoms with E-state index in [0.717, 1.165) is 0 Å². The number of aromatic hydroxyl groups is 1. The monoisotopic (exact) mass is 1900 g/mol. The van der Waals surface area contributed by atoms with Crippen LogP contribution < -0.4 is 108 Å². The molecule has 750 valence electrons. The number of phenolic OH excluding ortho intramolecular Hbond substituents is 1. The number of hydrogen-bond donors (Lipinski definition) is 25. The van der Waals surface area contributed by atoms with Crippen molar-refractivity contribution < 1.29 is 117 Å². The van der Waals surface area contributed by atoms with Gasteiger partial charge in [-0.15, -0.1) is 0 Å². The van der Waals surface area contributed by atoms with E-state index in [1.54, 1.807) is 74.5 Å². The van der Waals surface area contributed by atoms with E-state index in [1.165, 1.54) is 58.9 Å². The van der Waals surface area contributed by atoms with Crippen LogP contribution in [0.5, 0.6) is 5.75 Å². The second-order valence-electron chi connectivity index (χ2n) is 34.6. The van der Waals surface area contributed by atoms with Crippen molar-refractivity contribution in [2.24, 2.45) is 46.4 Å². The minimum atomic E-state index is -2.02. The largest absolute Gasteiger partial charge is 0.508 e. The molecule has 44 nitrogen and oxygen atoms in total. The fourth-order valence-electron chi connectivity index (χ4n) is 14.0. The molecule has 0 radical (unpaired) electrons. The average Bonchev–Trinajstić information content (AvgIpc) is 0.842. The number of amides is 15. The number of carbonyl (C=O) groups excluding carboxylic acids is 15. The first-order chi connectivity index (χ1) is 63.8. The van der Waals surface area contributed by atoms with Crippen molar-refractivity contribution >= 4 is 112 Å². The maximum atomic E-state index is 14.8. The Balaban J connectivity index is 1.93. The Kier molecular flexibility index (Phi) is 53.3. The van der Waals surface area contributed by atoms with E-state index in [4.69, 9.17) is 28.7 Å². The summed E-state index contributed by atoms with van der Waals surface area (Å²) in [5.74, 6) is -21.9. The van der Waals surface area contributed by atoms with Gasteiger partial charge in [0.2, 0.25) is 88.6 Å². The Morgan fingerprint density at radius 3 is 0.896 bits per heavy atom. The molecule has 0 unspecified atom stereocenters. The Hall–Kier alpha value is -12.8. The summed E-state index contributed by atoms with van der Waals surface area (Å²) in [5.41, 5.74) is 30.7. The van der Waals surface area contributed by atoms with Gasteiger partial charge in [-0.25, -0.2) is 4.79 Å². The molecule has 0 saturated carbocycles. The standard InChI is InChI=1S/C91H142N20O24/c1-50(2)44-60(96)79(122)101-61(28-16-20-40-92)80(123)97-53(7)77(120)106-68(46-56-24-12-10-13-25-56)87(130)108-69(47-58-32-34-59(112)35-33-58)88(131)109-70(49-74(117)118)89(132)104-64(31-19-23-43-95)85(128)111-75(52(5)6)90(133)99-55(9)76(119)100-66(37-39-73(115)116)84(127)102-63(30-18-22-42-94)83(126)107-67(45-51(3)4)86(129)103-62(29-17-21-41-93)82(125)105-65(36-38-72(113)114)81(124)98-54(8)78(121)110-71(91(134)135)48-57-26-14-11-15-27-57/h10-15,24-27,32-35,50-55,60-71,75,112H,16-23,28-31,36-49,92-96H2,1-9H3,(H,97,123)(H,98,124)(H,99,133)(H,100,119)(H,101,122)(H,102,127)(H,103,129)(H,104,132)(H,105,125)(H,106,120)(H,107,126)(H,108,130)(H,109,131)(H,110,121)(H,111,128)(H,113,114)(H,115,116)(H,117,118)(H,134,135)/t53-,54-,55-,60-,61-,62-,63-,64-,65-,66-,67-,68-,69-,70-,71-,75-/m0/s1. The first kappa shape index (κ1) is 116. The second kappa shape index (κ2) is 61.9. The molecular weight excluding hydrogens is 1760 g/mol. The number of carbonyl (C=O) groups is 19. The molecule has 0 heterocycles. The van der Waals surface area contributed by atoms with E-state index in [1.807, 2.05) is 13.8 Å². The van der Waals surface area contributed by atoms with Crippen LogP contribution in [-0.2, 0) is 110 Å². The Labute approximate surface area is 785 Å². The van der Waals surface area contributed by atoms with Gasteiger partial charge >= 0.3 is 23.9 Å². The van der Waals surface area contributed by atoms with Crippen molar-refractivity contribution in [3.05, 3.63) is 102 Å². The maximum absolute atomic E-state index is 14.8. The average molecular weight is 1900 g/mol. The molecule has 0 aliphatic rings. The topological polar surface area (TPSA) is 736 Å². The van der Waals surface area contributed by atoms with Crippen LogP contribution in [0.3, 0.4) is 0 Å². The molecule has 135 heavy (non-hydrogen) atoms. The van der Waals surface area contributed by atoms with Crippen LogP contribution in [0.4, 0.5) is 0 Å². The van der Waals surface area contributed by atoms with Gasteiger partial charge in [0.25, 0.3) is 0 Å². The van der Waals surface area contributed by atoms with E-state index in [0.29, 0.717) is 55.3 Å². The molecule has 16 atom stereocenters. The van der Waals surface area contributed by atoms with Crippen molar-refractivity contribution in [3.8, 4) is 5.75 Å². The van der Waals surface area contributed by atoms with Crippen molar-refractivity contribution in [1.82, 2.24) is 79.8 Å². The zero-order valence-corrected chi connectivity index (χ0v) is 78.3. The van der Waals surface area contributed by atoms with Crippen molar-refractivity contribution in [2.45, 2.75) is 300 Å². The number of nitrogens with two attached hydrogens (primary N) is 5. The minimum absolute atomic E-state index is 0.0482. The highest BCUT2D eigenvalue weighted by Crippen LogP contribution is 2.18. The Morgan fingerprint density at radius 2 is 0.548 bits per heavy atom. The summed E-state index contributed by atoms with van der Waals surface area (Å²) in [4.78, 5) is 263. The summed E-state index contributed by atoms with van der Waals surface area (Å²) in [7, 11) is 0. The molecule has 0 spiro atoms. The number of aliphatic carboxylic acids is 4. The van der Waals surface area contributed by atoms with Gasteiger partial charge in [-0.1, -0.05) is 114 Å². The summed E-state index contributed by atoms with van der Waals surface area (Å²) < 4.78 is 0. The summed E-state index contributed by atoms with van der Waals surface area (Å²) >= 11 is 0. The fraction of sp³-hybridized carbons (Fsp3) is 0.593. The summed E-state index contributed by atoms with van der Waals surface area (Å²) in [6.07, 6.45) is -2.22. The molecule has 3 aromatic carbocycles. The van der Waals surface area contributed by atoms with Gasteiger partial charge in [-0.3, -0.25) is 86.3 Å². The third kappa shape index (κ3) is 45.2. The van der Waals surface area contributed by atoms with Crippen LogP contribution in [-0.4, -0.2) is 261 Å². The Morgan fingerprint density at radius 1 is 0.274 bits per heavy atom. The molecular formula is C91H142N20O24. The van der Waals surface area contributed by atoms with Gasteiger partial charge in [-0.2, -0.15) is 0 Å². The van der Waals surface area contributed by atoms with Crippen LogP contribution >= 0.6 is 0 Å². The predicted molar refractivity (Wildman–Crippen MR) is 495 cm³/mol. The third-order valence-corrected chi connectivity index (χ3v) is 21.6. The number of benzene rings is 3. The highest BCUT2D eigenvalue weighted by atomic mass is 16.4. The maximum Gasteiger partial charge on any atom is 0.326 e. The first-order valence-corrected chi connectivity index (χ1v) is 45.7. The Bertz CT molecular complexity index is 4380. The normalized spacial score (nSPS) is 14.8. The SMILES string of the molecule is CC(C)C[C@H](NC(=O)[C@H](CCCCN)NC(=O)[C@H](CCC(=O)O)NC(=O)[C@H](C)NC(=O)[C@@H](NC(=O)[C@H](CCCCN)NC(=O)[C@H](CC(=O)O)NC(=O)[C@H](Cc1ccc(O)cc1)NC(=O)[C@H](Cc1ccccc1)NC(=O)[C@H](C)NC(=O)[C@H](CCCCN)NC(=O)[C@@H](N)CC(C)C)C(C)C)C(=O)N[C@@H](CCCCN)C(=O)N[C@@H](CCC(=O)O)C(=O)N[C@@H](C)C(=O)N[C@@H](Cc1ccccc1)C(=O)O. The van der Waals surface area contributed by atoms with Crippen LogP contribution in [0.25, 0.3) is 0 Å². The number of nitrogens with one attached hydrogen (secondary N) is 15. The molecule has 0 aliphatic heterocycles. The molecule has 0 aliphatic carbocycles. The molecule has 0 saturated heterocycles. The molecule has 3 aromatic rings. The number of carboxylic acids is 4. The van der Waals surface area contributed by atoms with Crippen molar-refractivity contribution in [3.63, 3.8) is 0 Å². The lowest BCUT2D eigenvalue weighted by Crippen LogP contribution is -2.61. The lowest BCUT2D eigenvalue weighted by molar-refractivity contribution is -0.142. The second-order valence-corrected chi connectivity index (χ2v) is 34.6. The summed E-state index contributed by atoms with van der Waals surface area (Å²) in [6.45, 7) is 14.5. The van der Waals surface area contributed by atoms with E-state index >= 15 is 0 Å². The zero-order valence-electron chi connectivity index (χ0n) is 78.3. The van der Waals surface area contributed by atoms with Crippen molar-refractivity contribution in [2.75, 3.05) is 26.2 Å². The lowest BCUT2D eigenvalue weighted by Gasteiger charge is -2.29. The van der Waals surface area contributed by atoms with Crippen LogP contribution in [0, 0.1) is 17.8 Å². The molecule has 0 fully saturated rings. The van der Waals surface area contributed by atoms with E-state index in [2.05, 4.69) is 79.8 Å². The van der Waals surface area contributed by atoms with Crippen molar-refractivity contribution in [1.29, 1.82) is 0 Å². The van der Waals surface area contributed by atoms with Crippen LogP contribution in [0.1, 0.15) is 201 Å². The molecule has 3 rings (SSSR count). The predicted octanol–water partition coefficient (Wildman–Crippen LogP) is -2.37. The number of rotatable bonds is 66. The molecule has 0 bridgehead atoms.